The molecule has 2 aliphatic rings. The van der Waals surface area contributed by atoms with Gasteiger partial charge in [0, 0.05) is 16.6 Å². The van der Waals surface area contributed by atoms with E-state index in [1.165, 1.54) is 6.08 Å². The highest BCUT2D eigenvalue weighted by Gasteiger charge is 2.42. The van der Waals surface area contributed by atoms with Crippen LogP contribution in [0.1, 0.15) is 6.92 Å². The second-order valence-corrected chi connectivity index (χ2v) is 3.70. The van der Waals surface area contributed by atoms with Gasteiger partial charge in [0.2, 0.25) is 5.76 Å². The molecule has 0 fully saturated rings. The summed E-state index contributed by atoms with van der Waals surface area (Å²) >= 11 is 0. The summed E-state index contributed by atoms with van der Waals surface area (Å²) in [6.07, 6.45) is 7.17. The van der Waals surface area contributed by atoms with E-state index in [1.54, 1.807) is 18.2 Å². The van der Waals surface area contributed by atoms with Crippen LogP contribution in [0.25, 0.3) is 0 Å². The van der Waals surface area contributed by atoms with Crippen molar-refractivity contribution in [3.05, 3.63) is 62.6 Å². The van der Waals surface area contributed by atoms with Crippen molar-refractivity contribution in [2.75, 3.05) is 0 Å². The van der Waals surface area contributed by atoms with Gasteiger partial charge in [-0.1, -0.05) is 12.2 Å². The molecule has 0 bridgehead atoms. The van der Waals surface area contributed by atoms with E-state index in [2.05, 4.69) is 0 Å². The summed E-state index contributed by atoms with van der Waals surface area (Å²) in [6, 6.07) is -0.701. The van der Waals surface area contributed by atoms with Gasteiger partial charge in [0.25, 0.3) is 6.04 Å². The minimum atomic E-state index is -0.751. The standard InChI is InChI=1S/C11H9N2O5/c1-7(14)18-11-8-4-2-3-5-9(8)12(15)6-10(11)13(16)17/h2-6,9H,1H3/q+1. The van der Waals surface area contributed by atoms with E-state index < -0.39 is 22.6 Å². The molecule has 0 aromatic heterocycles. The fraction of sp³-hybridized carbons (Fsp3) is 0.182. The first-order valence-corrected chi connectivity index (χ1v) is 5.10. The number of nitrogens with zero attached hydrogens (tertiary/aromatic N) is 2. The van der Waals surface area contributed by atoms with Crippen LogP contribution in [-0.2, 0) is 9.53 Å². The number of carbonyl (C=O) groups excluding carboxylic acids is 1. The van der Waals surface area contributed by atoms with Crippen molar-refractivity contribution in [1.82, 2.24) is 0 Å². The molecule has 0 spiro atoms. The zero-order chi connectivity index (χ0) is 13.3. The summed E-state index contributed by atoms with van der Waals surface area (Å²) in [7, 11) is 0. The summed E-state index contributed by atoms with van der Waals surface area (Å²) in [6.45, 7) is 1.14. The number of esters is 1. The topological polar surface area (TPSA) is 89.5 Å². The van der Waals surface area contributed by atoms with Gasteiger partial charge in [-0.3, -0.25) is 14.9 Å². The molecule has 0 saturated heterocycles. The van der Waals surface area contributed by atoms with E-state index in [9.17, 15) is 19.8 Å². The molecule has 0 N–H and O–H groups in total. The lowest BCUT2D eigenvalue weighted by molar-refractivity contribution is -0.520. The molecule has 7 nitrogen and oxygen atoms in total. The third-order valence-electron chi connectivity index (χ3n) is 2.46. The second kappa shape index (κ2) is 4.36. The van der Waals surface area contributed by atoms with E-state index >= 15 is 0 Å². The molecule has 2 rings (SSSR count). The lowest BCUT2D eigenvalue weighted by atomic mass is 9.97. The minimum absolute atomic E-state index is 0.176. The highest BCUT2D eigenvalue weighted by molar-refractivity contribution is 5.68. The van der Waals surface area contributed by atoms with Crippen LogP contribution < -0.4 is 0 Å². The molecule has 1 unspecified atom stereocenters. The Morgan fingerprint density at radius 3 is 2.83 bits per heavy atom. The van der Waals surface area contributed by atoms with Crippen molar-refractivity contribution in [3.63, 3.8) is 0 Å². The van der Waals surface area contributed by atoms with E-state index in [0.717, 1.165) is 13.1 Å². The number of carbonyl (C=O) groups is 1. The summed E-state index contributed by atoms with van der Waals surface area (Å²) in [4.78, 5) is 32.8. The van der Waals surface area contributed by atoms with Crippen molar-refractivity contribution in [3.8, 4) is 0 Å². The van der Waals surface area contributed by atoms with Gasteiger partial charge in [-0.05, 0) is 12.2 Å². The van der Waals surface area contributed by atoms with Crippen molar-refractivity contribution in [2.45, 2.75) is 13.0 Å². The number of allylic oxidation sites excluding steroid dienone is 2. The smallest absolute Gasteiger partial charge is 0.379 e. The average molecular weight is 249 g/mol. The third-order valence-corrected chi connectivity index (χ3v) is 2.46. The first-order valence-electron chi connectivity index (χ1n) is 5.10. The molecule has 1 aliphatic carbocycles. The second-order valence-electron chi connectivity index (χ2n) is 3.70. The Balaban J connectivity index is 2.56. The summed E-state index contributed by atoms with van der Waals surface area (Å²) < 4.78 is 5.32. The van der Waals surface area contributed by atoms with Gasteiger partial charge in [-0.2, -0.15) is 0 Å². The molecule has 0 amide bonds. The first kappa shape index (κ1) is 11.9. The van der Waals surface area contributed by atoms with E-state index in [0.29, 0.717) is 10.3 Å². The maximum atomic E-state index is 11.7. The van der Waals surface area contributed by atoms with Crippen LogP contribution in [-0.4, -0.2) is 21.7 Å². The van der Waals surface area contributed by atoms with E-state index in [-0.39, 0.29) is 5.76 Å². The Kier molecular flexibility index (Phi) is 2.88. The van der Waals surface area contributed by atoms with Crippen molar-refractivity contribution >= 4 is 5.97 Å². The lowest BCUT2D eigenvalue weighted by Gasteiger charge is -2.15. The highest BCUT2D eigenvalue weighted by atomic mass is 16.6. The molecule has 7 heteroatoms. The van der Waals surface area contributed by atoms with E-state index in [4.69, 9.17) is 4.74 Å². The number of nitroso groups, excluding NO2 is 1. The summed E-state index contributed by atoms with van der Waals surface area (Å²) in [5.74, 6) is -0.850. The van der Waals surface area contributed by atoms with E-state index in [1.807, 2.05) is 0 Å². The van der Waals surface area contributed by atoms with Crippen LogP contribution in [0.2, 0.25) is 0 Å². The molecule has 1 atom stereocenters. The molecule has 0 aromatic carbocycles. The van der Waals surface area contributed by atoms with Crippen LogP contribution in [0, 0.1) is 15.0 Å². The Bertz CT molecular complexity index is 568. The molecule has 0 saturated carbocycles. The van der Waals surface area contributed by atoms with Crippen LogP contribution in [0.4, 0.5) is 0 Å². The highest BCUT2D eigenvalue weighted by Crippen LogP contribution is 2.29. The van der Waals surface area contributed by atoms with Gasteiger partial charge >= 0.3 is 17.9 Å². The molecule has 1 heterocycles. The van der Waals surface area contributed by atoms with Crippen molar-refractivity contribution in [1.29, 1.82) is 0 Å². The summed E-state index contributed by atoms with van der Waals surface area (Å²) in [5, 5.41) is 10.9. The molecule has 18 heavy (non-hydrogen) atoms. The predicted molar refractivity (Wildman–Crippen MR) is 59.6 cm³/mol. The van der Waals surface area contributed by atoms with Crippen LogP contribution in [0.3, 0.4) is 0 Å². The molecule has 1 aliphatic heterocycles. The maximum absolute atomic E-state index is 11.7. The minimum Gasteiger partial charge on any atom is -0.418 e. The normalized spacial score (nSPS) is 21.5. The van der Waals surface area contributed by atoms with Gasteiger partial charge in [-0.15, -0.1) is 0 Å². The Morgan fingerprint density at radius 1 is 1.50 bits per heavy atom. The van der Waals surface area contributed by atoms with Gasteiger partial charge in [0.15, 0.2) is 0 Å². The van der Waals surface area contributed by atoms with Crippen LogP contribution in [0.15, 0.2) is 47.5 Å². The zero-order valence-corrected chi connectivity index (χ0v) is 9.40. The molecular weight excluding hydrogens is 240 g/mol. The van der Waals surface area contributed by atoms with Gasteiger partial charge in [0.05, 0.1) is 10.5 Å². The number of nitro groups is 1. The van der Waals surface area contributed by atoms with Gasteiger partial charge in [0.1, 0.15) is 0 Å². The third kappa shape index (κ3) is 1.97. The molecule has 0 radical (unpaired) electrons. The monoisotopic (exact) mass is 249 g/mol. The first-order chi connectivity index (χ1) is 8.50. The Labute approximate surface area is 101 Å². The Hall–Kier alpha value is -2.57. The lowest BCUT2D eigenvalue weighted by Crippen LogP contribution is -2.29. The number of hydrogen-bond acceptors (Lipinski definition) is 5. The maximum Gasteiger partial charge on any atom is 0.379 e. The van der Waals surface area contributed by atoms with Crippen LogP contribution >= 0.6 is 0 Å². The van der Waals surface area contributed by atoms with Crippen molar-refractivity contribution < 1.29 is 19.2 Å². The fourth-order valence-electron chi connectivity index (χ4n) is 1.76. The number of ether oxygens (including phenoxy) is 1. The molecule has 0 aromatic rings. The fourth-order valence-corrected chi connectivity index (χ4v) is 1.76. The van der Waals surface area contributed by atoms with Gasteiger partial charge in [-0.25, -0.2) is 0 Å². The number of rotatable bonds is 2. The van der Waals surface area contributed by atoms with Gasteiger partial charge < -0.3 is 4.74 Å². The summed E-state index contributed by atoms with van der Waals surface area (Å²) in [5.41, 5.74) is -0.219. The SMILES string of the molecule is CC(=O)OC1=C2C=CC=CC2[N+](=O)C=C1[N+](=O)[O-]. The molecular formula is C11H9N2O5+. The van der Waals surface area contributed by atoms with Crippen LogP contribution in [0.5, 0.6) is 0 Å². The Morgan fingerprint density at radius 2 is 2.22 bits per heavy atom. The quantitative estimate of drug-likeness (QED) is 0.317. The van der Waals surface area contributed by atoms with Crippen molar-refractivity contribution in [2.24, 2.45) is 0 Å². The zero-order valence-electron chi connectivity index (χ0n) is 9.40. The number of fused-ring (bicyclic) bond motifs is 1. The molecule has 92 valence electrons. The predicted octanol–water partition coefficient (Wildman–Crippen LogP) is 1.21. The number of hydrogen-bond donors (Lipinski definition) is 0. The average Bonchev–Trinajstić information content (AvgIpc) is 2.32. The largest absolute Gasteiger partial charge is 0.418 e.